The van der Waals surface area contributed by atoms with E-state index < -0.39 is 12.1 Å². The summed E-state index contributed by atoms with van der Waals surface area (Å²) in [7, 11) is 0. The third-order valence-electron chi connectivity index (χ3n) is 16.7. The van der Waals surface area contributed by atoms with Crippen LogP contribution < -0.4 is 5.32 Å². The number of aliphatic hydroxyl groups excluding tert-OH is 2. The molecule has 3 N–H and O–H groups in total. The smallest absolute Gasteiger partial charge is 0.305 e. The third kappa shape index (κ3) is 61.9. The Morgan fingerprint density at radius 2 is 0.547 bits per heavy atom. The highest BCUT2D eigenvalue weighted by molar-refractivity contribution is 5.76. The second-order valence-electron chi connectivity index (χ2n) is 24.2. The van der Waals surface area contributed by atoms with E-state index in [-0.39, 0.29) is 18.5 Å². The number of unbranched alkanes of at least 4 members (excludes halogenated alkanes) is 55. The predicted octanol–water partition coefficient (Wildman–Crippen LogP) is 22.2. The molecule has 0 radical (unpaired) electrons. The van der Waals surface area contributed by atoms with E-state index in [2.05, 4.69) is 19.2 Å². The van der Waals surface area contributed by atoms with Crippen molar-refractivity contribution in [1.82, 2.24) is 5.32 Å². The minimum absolute atomic E-state index is 0.0192. The van der Waals surface area contributed by atoms with E-state index in [1.807, 2.05) is 0 Å². The Kier molecular flexibility index (Phi) is 64.4. The maximum Gasteiger partial charge on any atom is 0.305 e. The molecule has 448 valence electrons. The zero-order valence-corrected chi connectivity index (χ0v) is 51.3. The number of amides is 1. The molecule has 0 aliphatic rings. The fraction of sp³-hybridized carbons (Fsp3) is 0.971. The molecule has 0 aromatic carbocycles. The quantitative estimate of drug-likeness (QED) is 0.0417. The topological polar surface area (TPSA) is 95.9 Å². The molecule has 0 saturated carbocycles. The first-order valence-corrected chi connectivity index (χ1v) is 34.8. The lowest BCUT2D eigenvalue weighted by atomic mass is 10.0. The van der Waals surface area contributed by atoms with Gasteiger partial charge in [-0.1, -0.05) is 367 Å². The van der Waals surface area contributed by atoms with Crippen molar-refractivity contribution in [3.05, 3.63) is 0 Å². The maximum atomic E-state index is 12.5. The summed E-state index contributed by atoms with van der Waals surface area (Å²) in [6, 6.07) is -0.541. The largest absolute Gasteiger partial charge is 0.466 e. The van der Waals surface area contributed by atoms with Gasteiger partial charge in [0.2, 0.25) is 5.91 Å². The Labute approximate surface area is 470 Å². The number of rotatable bonds is 66. The fourth-order valence-electron chi connectivity index (χ4n) is 11.4. The van der Waals surface area contributed by atoms with E-state index in [4.69, 9.17) is 4.74 Å². The van der Waals surface area contributed by atoms with E-state index in [0.717, 1.165) is 38.5 Å². The molecular weight excluding hydrogens is 923 g/mol. The second-order valence-corrected chi connectivity index (χ2v) is 24.2. The highest BCUT2D eigenvalue weighted by Gasteiger charge is 2.20. The summed E-state index contributed by atoms with van der Waals surface area (Å²) in [6.45, 7) is 5.00. The van der Waals surface area contributed by atoms with Crippen LogP contribution in [-0.4, -0.2) is 47.4 Å². The van der Waals surface area contributed by atoms with Crippen LogP contribution in [0.3, 0.4) is 0 Å². The number of hydrogen-bond acceptors (Lipinski definition) is 5. The molecule has 0 bridgehead atoms. The first-order valence-electron chi connectivity index (χ1n) is 34.8. The van der Waals surface area contributed by atoms with Crippen molar-refractivity contribution >= 4 is 11.9 Å². The molecule has 0 spiro atoms. The van der Waals surface area contributed by atoms with Gasteiger partial charge in [0.25, 0.3) is 0 Å². The lowest BCUT2D eigenvalue weighted by Gasteiger charge is -2.22. The SMILES string of the molecule is CCCCCCCCCCCCCCCCCCCCC(=O)OCCCCCCCCCCCCCCCCCCCCCCCCC(=O)NC(CO)C(O)CCCCCCCCCCCCCCCCCCCC. The minimum Gasteiger partial charge on any atom is -0.466 e. The van der Waals surface area contributed by atoms with Crippen LogP contribution in [0, 0.1) is 0 Å². The number of esters is 1. The number of aliphatic hydroxyl groups is 2. The number of nitrogens with one attached hydrogen (secondary N) is 1. The normalized spacial score (nSPS) is 12.4. The van der Waals surface area contributed by atoms with Gasteiger partial charge in [-0.15, -0.1) is 0 Å². The molecule has 0 aliphatic heterocycles. The van der Waals surface area contributed by atoms with Crippen LogP contribution in [0.25, 0.3) is 0 Å². The summed E-state index contributed by atoms with van der Waals surface area (Å²) in [6.07, 6.45) is 78.5. The zero-order chi connectivity index (χ0) is 54.3. The van der Waals surface area contributed by atoms with Gasteiger partial charge in [0, 0.05) is 12.8 Å². The Bertz CT molecular complexity index is 1080. The maximum absolute atomic E-state index is 12.5. The molecule has 0 aromatic heterocycles. The van der Waals surface area contributed by atoms with Crippen molar-refractivity contribution in [2.75, 3.05) is 13.2 Å². The van der Waals surface area contributed by atoms with Crippen LogP contribution in [0.4, 0.5) is 0 Å². The average molecular weight is 1060 g/mol. The van der Waals surface area contributed by atoms with Gasteiger partial charge in [0.05, 0.1) is 25.4 Å². The summed E-state index contributed by atoms with van der Waals surface area (Å²) in [5.41, 5.74) is 0. The van der Waals surface area contributed by atoms with E-state index in [1.165, 1.54) is 334 Å². The molecule has 2 unspecified atom stereocenters. The number of ether oxygens (including phenoxy) is 1. The predicted molar refractivity (Wildman–Crippen MR) is 329 cm³/mol. The van der Waals surface area contributed by atoms with Crippen LogP contribution in [0.2, 0.25) is 0 Å². The standard InChI is InChI=1S/C69H137NO5/c1-3-5-7-9-11-13-15-17-19-21-29-33-37-41-45-49-53-57-61-67(72)66(65-71)70-68(73)62-58-54-50-46-42-38-34-30-27-25-23-24-26-28-32-36-40-44-48-52-56-60-64-75-69(74)63-59-55-51-47-43-39-35-31-22-20-18-16-14-12-10-8-6-4-2/h66-67,71-72H,3-65H2,1-2H3,(H,70,73). The monoisotopic (exact) mass is 1060 g/mol. The number of carbonyl (C=O) groups is 2. The number of carbonyl (C=O) groups excluding carboxylic acids is 2. The van der Waals surface area contributed by atoms with Gasteiger partial charge in [0.1, 0.15) is 0 Å². The molecule has 2 atom stereocenters. The lowest BCUT2D eigenvalue weighted by Crippen LogP contribution is -2.45. The molecule has 0 aliphatic carbocycles. The average Bonchev–Trinajstić information content (AvgIpc) is 3.41. The summed E-state index contributed by atoms with van der Waals surface area (Å²) in [5.74, 6) is -0.0112. The summed E-state index contributed by atoms with van der Waals surface area (Å²) < 4.78 is 5.51. The molecule has 6 nitrogen and oxygen atoms in total. The third-order valence-corrected chi connectivity index (χ3v) is 16.7. The first kappa shape index (κ1) is 73.9. The van der Waals surface area contributed by atoms with Crippen LogP contribution in [0.15, 0.2) is 0 Å². The highest BCUT2D eigenvalue weighted by Crippen LogP contribution is 2.19. The minimum atomic E-state index is -0.664. The molecule has 0 heterocycles. The van der Waals surface area contributed by atoms with Crippen molar-refractivity contribution < 1.29 is 24.5 Å². The molecule has 0 aromatic rings. The molecule has 1 amide bonds. The van der Waals surface area contributed by atoms with Crippen molar-refractivity contribution in [3.63, 3.8) is 0 Å². The van der Waals surface area contributed by atoms with Gasteiger partial charge < -0.3 is 20.3 Å². The Morgan fingerprint density at radius 1 is 0.320 bits per heavy atom. The van der Waals surface area contributed by atoms with Crippen molar-refractivity contribution in [1.29, 1.82) is 0 Å². The Morgan fingerprint density at radius 3 is 0.813 bits per heavy atom. The van der Waals surface area contributed by atoms with Crippen molar-refractivity contribution in [2.45, 2.75) is 418 Å². The Balaban J connectivity index is 3.35. The summed E-state index contributed by atoms with van der Waals surface area (Å²) in [5, 5.41) is 23.4. The van der Waals surface area contributed by atoms with Gasteiger partial charge in [-0.3, -0.25) is 9.59 Å². The van der Waals surface area contributed by atoms with E-state index >= 15 is 0 Å². The van der Waals surface area contributed by atoms with Crippen LogP contribution in [-0.2, 0) is 14.3 Å². The van der Waals surface area contributed by atoms with Gasteiger partial charge in [0.15, 0.2) is 0 Å². The van der Waals surface area contributed by atoms with E-state index in [0.29, 0.717) is 25.9 Å². The zero-order valence-electron chi connectivity index (χ0n) is 51.3. The van der Waals surface area contributed by atoms with Gasteiger partial charge >= 0.3 is 5.97 Å². The molecule has 0 saturated heterocycles. The second kappa shape index (κ2) is 65.4. The Hall–Kier alpha value is -1.14. The lowest BCUT2D eigenvalue weighted by molar-refractivity contribution is -0.143. The van der Waals surface area contributed by atoms with Crippen molar-refractivity contribution in [3.8, 4) is 0 Å². The van der Waals surface area contributed by atoms with Crippen LogP contribution in [0.5, 0.6) is 0 Å². The van der Waals surface area contributed by atoms with Gasteiger partial charge in [-0.2, -0.15) is 0 Å². The molecule has 0 fully saturated rings. The molecular formula is C69H137NO5. The van der Waals surface area contributed by atoms with E-state index in [1.54, 1.807) is 0 Å². The molecule has 75 heavy (non-hydrogen) atoms. The van der Waals surface area contributed by atoms with E-state index in [9.17, 15) is 19.8 Å². The summed E-state index contributed by atoms with van der Waals surface area (Å²) in [4.78, 5) is 24.6. The van der Waals surface area contributed by atoms with Gasteiger partial charge in [-0.25, -0.2) is 0 Å². The molecule has 0 rings (SSSR count). The summed E-state index contributed by atoms with van der Waals surface area (Å²) >= 11 is 0. The first-order chi connectivity index (χ1) is 37.0. The van der Waals surface area contributed by atoms with Crippen LogP contribution >= 0.6 is 0 Å². The van der Waals surface area contributed by atoms with Gasteiger partial charge in [-0.05, 0) is 25.7 Å². The van der Waals surface area contributed by atoms with Crippen molar-refractivity contribution in [2.24, 2.45) is 0 Å². The van der Waals surface area contributed by atoms with Crippen LogP contribution in [0.1, 0.15) is 406 Å². The molecule has 6 heteroatoms. The highest BCUT2D eigenvalue weighted by atomic mass is 16.5. The fourth-order valence-corrected chi connectivity index (χ4v) is 11.4. The number of hydrogen-bond donors (Lipinski definition) is 3.